The molecule has 0 radical (unpaired) electrons. The van der Waals surface area contributed by atoms with Gasteiger partial charge in [-0.3, -0.25) is 9.69 Å². The van der Waals surface area contributed by atoms with Crippen molar-refractivity contribution in [2.24, 2.45) is 0 Å². The fraction of sp³-hybridized carbons (Fsp3) is 0.476. The molecule has 3 aromatic rings. The highest BCUT2D eigenvalue weighted by molar-refractivity contribution is 7.09. The summed E-state index contributed by atoms with van der Waals surface area (Å²) >= 11 is 1.33. The Bertz CT molecular complexity index is 1140. The molecule has 1 fully saturated rings. The summed E-state index contributed by atoms with van der Waals surface area (Å²) in [5, 5.41) is 19.1. The van der Waals surface area contributed by atoms with Gasteiger partial charge in [0.2, 0.25) is 0 Å². The van der Waals surface area contributed by atoms with Crippen LogP contribution in [0.15, 0.2) is 18.2 Å². The molecule has 2 aromatic heterocycles. The third-order valence-corrected chi connectivity index (χ3v) is 6.67. The fourth-order valence-corrected chi connectivity index (χ4v) is 4.83. The van der Waals surface area contributed by atoms with E-state index >= 15 is 0 Å². The van der Waals surface area contributed by atoms with Crippen LogP contribution in [0.25, 0.3) is 10.8 Å². The molecule has 0 bridgehead atoms. The molecule has 1 atom stereocenters. The molecular weight excluding hydrogens is 432 g/mol. The third kappa shape index (κ3) is 3.93. The Morgan fingerprint density at radius 3 is 2.78 bits per heavy atom. The zero-order valence-corrected chi connectivity index (χ0v) is 18.7. The van der Waals surface area contributed by atoms with E-state index in [1.807, 2.05) is 22.8 Å². The number of aliphatic carboxylic acids is 1. The summed E-state index contributed by atoms with van der Waals surface area (Å²) in [6.45, 7) is 1.82. The standard InChI is InChI=1S/C21H24N6O4S/c1-30-14-6-5-13(16(9-14)31-2)11-26-7-8-27-19(15(26)10-17(28)29)23-24-20(27)21-22-18(25-32-21)12-3-4-12/h5-6,9,12,15H,3-4,7-8,10-11H2,1-2H3,(H,28,29). The highest BCUT2D eigenvalue weighted by Crippen LogP contribution is 2.40. The number of nitrogens with zero attached hydrogens (tertiary/aromatic N) is 6. The summed E-state index contributed by atoms with van der Waals surface area (Å²) in [5.41, 5.74) is 0.954. The Kier molecular flexibility index (Phi) is 5.51. The zero-order chi connectivity index (χ0) is 22.2. The monoisotopic (exact) mass is 456 g/mol. The van der Waals surface area contributed by atoms with Gasteiger partial charge in [0.25, 0.3) is 0 Å². The molecule has 0 spiro atoms. The molecule has 32 heavy (non-hydrogen) atoms. The first-order valence-corrected chi connectivity index (χ1v) is 11.3. The van der Waals surface area contributed by atoms with E-state index in [4.69, 9.17) is 9.47 Å². The molecule has 0 amide bonds. The molecule has 0 saturated heterocycles. The minimum absolute atomic E-state index is 0.0694. The number of fused-ring (bicyclic) bond motifs is 1. The molecule has 1 aliphatic heterocycles. The van der Waals surface area contributed by atoms with Crippen LogP contribution in [-0.2, 0) is 17.9 Å². The maximum atomic E-state index is 11.7. The van der Waals surface area contributed by atoms with Gasteiger partial charge in [0.05, 0.1) is 26.7 Å². The van der Waals surface area contributed by atoms with Gasteiger partial charge in [0.1, 0.15) is 17.3 Å². The lowest BCUT2D eigenvalue weighted by Crippen LogP contribution is -2.39. The molecule has 1 unspecified atom stereocenters. The average Bonchev–Trinajstić information content (AvgIpc) is 3.37. The second kappa shape index (κ2) is 8.47. The number of carboxylic acid groups (broad SMARTS) is 1. The SMILES string of the molecule is COc1ccc(CN2CCn3c(-c4nc(C5CC5)ns4)nnc3C2CC(=O)O)c(OC)c1. The van der Waals surface area contributed by atoms with Crippen LogP contribution < -0.4 is 9.47 Å². The quantitative estimate of drug-likeness (QED) is 0.546. The van der Waals surface area contributed by atoms with E-state index in [9.17, 15) is 9.90 Å². The van der Waals surface area contributed by atoms with Crippen molar-refractivity contribution in [1.82, 2.24) is 29.0 Å². The van der Waals surface area contributed by atoms with E-state index in [1.54, 1.807) is 14.2 Å². The van der Waals surface area contributed by atoms with Crippen molar-refractivity contribution in [3.05, 3.63) is 35.4 Å². The number of ether oxygens (including phenoxy) is 2. The van der Waals surface area contributed by atoms with E-state index in [0.29, 0.717) is 48.7 Å². The molecular formula is C21H24N6O4S. The van der Waals surface area contributed by atoms with Crippen LogP contribution in [-0.4, -0.2) is 60.9 Å². The second-order valence-corrected chi connectivity index (χ2v) is 8.78. The van der Waals surface area contributed by atoms with Gasteiger partial charge in [-0.05, 0) is 30.4 Å². The van der Waals surface area contributed by atoms with Crippen LogP contribution in [0.1, 0.15) is 48.4 Å². The lowest BCUT2D eigenvalue weighted by molar-refractivity contribution is -0.138. The van der Waals surface area contributed by atoms with Crippen molar-refractivity contribution in [2.45, 2.75) is 44.3 Å². The molecule has 11 heteroatoms. The van der Waals surface area contributed by atoms with Gasteiger partial charge in [-0.25, -0.2) is 4.98 Å². The lowest BCUT2D eigenvalue weighted by Gasteiger charge is -2.35. The second-order valence-electron chi connectivity index (χ2n) is 8.03. The molecule has 3 heterocycles. The molecule has 2 aliphatic rings. The van der Waals surface area contributed by atoms with Crippen LogP contribution in [0.4, 0.5) is 0 Å². The van der Waals surface area contributed by atoms with Crippen LogP contribution in [0, 0.1) is 0 Å². The predicted molar refractivity (Wildman–Crippen MR) is 116 cm³/mol. The Balaban J connectivity index is 1.44. The van der Waals surface area contributed by atoms with Crippen molar-refractivity contribution in [2.75, 3.05) is 20.8 Å². The maximum absolute atomic E-state index is 11.7. The van der Waals surface area contributed by atoms with Crippen molar-refractivity contribution < 1.29 is 19.4 Å². The summed E-state index contributed by atoms with van der Waals surface area (Å²) in [6, 6.07) is 5.24. The Hall–Kier alpha value is -3.05. The van der Waals surface area contributed by atoms with Gasteiger partial charge >= 0.3 is 5.97 Å². The molecule has 5 rings (SSSR count). The van der Waals surface area contributed by atoms with Crippen LogP contribution in [0.2, 0.25) is 0 Å². The number of methoxy groups -OCH3 is 2. The topological polar surface area (TPSA) is 115 Å². The minimum Gasteiger partial charge on any atom is -0.497 e. The number of carbonyl (C=O) groups is 1. The van der Waals surface area contributed by atoms with E-state index in [1.165, 1.54) is 11.5 Å². The van der Waals surface area contributed by atoms with Gasteiger partial charge in [-0.1, -0.05) is 6.07 Å². The number of carboxylic acids is 1. The number of hydrogen-bond acceptors (Lipinski definition) is 9. The molecule has 10 nitrogen and oxygen atoms in total. The van der Waals surface area contributed by atoms with E-state index in [0.717, 1.165) is 29.2 Å². The number of hydrogen-bond donors (Lipinski definition) is 1. The average molecular weight is 457 g/mol. The number of aromatic nitrogens is 5. The van der Waals surface area contributed by atoms with E-state index in [2.05, 4.69) is 24.5 Å². The summed E-state index contributed by atoms with van der Waals surface area (Å²) in [4.78, 5) is 18.5. The highest BCUT2D eigenvalue weighted by atomic mass is 32.1. The molecule has 1 aromatic carbocycles. The lowest BCUT2D eigenvalue weighted by atomic mass is 10.1. The first kappa shape index (κ1) is 20.8. The molecule has 1 aliphatic carbocycles. The van der Waals surface area contributed by atoms with Gasteiger partial charge < -0.3 is 19.1 Å². The van der Waals surface area contributed by atoms with Crippen LogP contribution in [0.3, 0.4) is 0 Å². The normalized spacial score (nSPS) is 18.4. The fourth-order valence-electron chi connectivity index (χ4n) is 4.10. The van der Waals surface area contributed by atoms with Crippen LogP contribution >= 0.6 is 11.5 Å². The maximum Gasteiger partial charge on any atom is 0.305 e. The summed E-state index contributed by atoms with van der Waals surface area (Å²) in [6.07, 6.45) is 2.21. The number of benzene rings is 1. The largest absolute Gasteiger partial charge is 0.497 e. The third-order valence-electron chi connectivity index (χ3n) is 5.94. The molecule has 1 saturated carbocycles. The number of rotatable bonds is 8. The smallest absolute Gasteiger partial charge is 0.305 e. The highest BCUT2D eigenvalue weighted by Gasteiger charge is 2.35. The van der Waals surface area contributed by atoms with Crippen molar-refractivity contribution in [3.63, 3.8) is 0 Å². The van der Waals surface area contributed by atoms with Crippen LogP contribution in [0.5, 0.6) is 11.5 Å². The molecule has 168 valence electrons. The van der Waals surface area contributed by atoms with Crippen molar-refractivity contribution in [3.8, 4) is 22.3 Å². The Morgan fingerprint density at radius 2 is 2.06 bits per heavy atom. The Morgan fingerprint density at radius 1 is 1.22 bits per heavy atom. The van der Waals surface area contributed by atoms with Crippen molar-refractivity contribution >= 4 is 17.5 Å². The summed E-state index contributed by atoms with van der Waals surface area (Å²) < 4.78 is 17.3. The zero-order valence-electron chi connectivity index (χ0n) is 17.9. The van der Waals surface area contributed by atoms with E-state index < -0.39 is 12.0 Å². The first-order valence-electron chi connectivity index (χ1n) is 10.5. The first-order chi connectivity index (χ1) is 15.6. The van der Waals surface area contributed by atoms with E-state index in [-0.39, 0.29) is 6.42 Å². The van der Waals surface area contributed by atoms with Crippen molar-refractivity contribution in [1.29, 1.82) is 0 Å². The predicted octanol–water partition coefficient (Wildman–Crippen LogP) is 2.72. The summed E-state index contributed by atoms with van der Waals surface area (Å²) in [5.74, 6) is 3.19. The molecule has 1 N–H and O–H groups in total. The minimum atomic E-state index is -0.883. The van der Waals surface area contributed by atoms with Gasteiger partial charge in [-0.2, -0.15) is 4.37 Å². The van der Waals surface area contributed by atoms with Gasteiger partial charge in [-0.15, -0.1) is 10.2 Å². The van der Waals surface area contributed by atoms with Gasteiger partial charge in [0.15, 0.2) is 16.7 Å². The summed E-state index contributed by atoms with van der Waals surface area (Å²) in [7, 11) is 3.22. The van der Waals surface area contributed by atoms with Gasteiger partial charge in [0, 0.05) is 37.2 Å². The Labute approximate surface area is 189 Å².